The number of aliphatic hydroxyl groups excluding tert-OH is 1. The van der Waals surface area contributed by atoms with Crippen LogP contribution < -0.4 is 5.32 Å². The van der Waals surface area contributed by atoms with Crippen molar-refractivity contribution in [1.82, 2.24) is 5.32 Å². The fraction of sp³-hybridized carbons (Fsp3) is 0.915. The summed E-state index contributed by atoms with van der Waals surface area (Å²) < 4.78 is 23.8. The van der Waals surface area contributed by atoms with Crippen LogP contribution in [-0.4, -0.2) is 73.4 Å². The molecular weight excluding hydrogens is 864 g/mol. The lowest BCUT2D eigenvalue weighted by molar-refractivity contribution is -0.870. The van der Waals surface area contributed by atoms with Gasteiger partial charge in [0.25, 0.3) is 0 Å². The summed E-state index contributed by atoms with van der Waals surface area (Å²) in [5.41, 5.74) is 0. The molecule has 0 aliphatic rings. The third-order valence-electron chi connectivity index (χ3n) is 13.7. The van der Waals surface area contributed by atoms with Gasteiger partial charge in [0.2, 0.25) is 5.91 Å². The Kier molecular flexibility index (Phi) is 50.1. The van der Waals surface area contributed by atoms with Crippen LogP contribution in [0.1, 0.15) is 296 Å². The number of phosphoric acid groups is 1. The molecule has 0 aromatic rings. The first-order valence-corrected chi connectivity index (χ1v) is 31.2. The largest absolute Gasteiger partial charge is 0.472 e. The zero-order chi connectivity index (χ0) is 49.9. The molecule has 0 spiro atoms. The van der Waals surface area contributed by atoms with Gasteiger partial charge in [-0.05, 0) is 44.9 Å². The van der Waals surface area contributed by atoms with Crippen LogP contribution in [0.25, 0.3) is 0 Å². The van der Waals surface area contributed by atoms with Crippen LogP contribution >= 0.6 is 7.82 Å². The zero-order valence-electron chi connectivity index (χ0n) is 46.1. The van der Waals surface area contributed by atoms with E-state index in [1.807, 2.05) is 21.1 Å². The van der Waals surface area contributed by atoms with Crippen molar-refractivity contribution in [3.05, 3.63) is 24.3 Å². The highest BCUT2D eigenvalue weighted by Crippen LogP contribution is 2.43. The number of unbranched alkanes of at least 4 members (excludes halogenated alkanes) is 38. The van der Waals surface area contributed by atoms with Gasteiger partial charge in [-0.1, -0.05) is 269 Å². The Balaban J connectivity index is 4.16. The maximum absolute atomic E-state index is 13.0. The number of carbonyl (C=O) groups excluding carboxylic acids is 1. The highest BCUT2D eigenvalue weighted by molar-refractivity contribution is 7.47. The molecule has 0 aliphatic carbocycles. The number of likely N-dealkylation sites (N-methyl/N-ethyl adjacent to an activating group) is 1. The van der Waals surface area contributed by atoms with E-state index in [0.29, 0.717) is 23.9 Å². The van der Waals surface area contributed by atoms with Crippen molar-refractivity contribution >= 4 is 13.7 Å². The first kappa shape index (κ1) is 67.0. The highest BCUT2D eigenvalue weighted by atomic mass is 31.2. The van der Waals surface area contributed by atoms with Gasteiger partial charge in [0.1, 0.15) is 13.2 Å². The quantitative estimate of drug-likeness (QED) is 0.0243. The number of quaternary nitrogens is 1. The van der Waals surface area contributed by atoms with Crippen LogP contribution in [0.15, 0.2) is 24.3 Å². The minimum Gasteiger partial charge on any atom is -0.391 e. The van der Waals surface area contributed by atoms with Crippen molar-refractivity contribution in [3.8, 4) is 0 Å². The van der Waals surface area contributed by atoms with E-state index in [4.69, 9.17) is 9.05 Å². The summed E-state index contributed by atoms with van der Waals surface area (Å²) in [6, 6.07) is -0.762. The van der Waals surface area contributed by atoms with Crippen LogP contribution in [0.5, 0.6) is 0 Å². The van der Waals surface area contributed by atoms with Crippen molar-refractivity contribution in [2.45, 2.75) is 309 Å². The van der Waals surface area contributed by atoms with E-state index in [9.17, 15) is 19.4 Å². The highest BCUT2D eigenvalue weighted by Gasteiger charge is 2.28. The molecule has 0 saturated heterocycles. The van der Waals surface area contributed by atoms with Gasteiger partial charge in [-0.25, -0.2) is 4.57 Å². The lowest BCUT2D eigenvalue weighted by Gasteiger charge is -2.26. The number of hydrogen-bond acceptors (Lipinski definition) is 5. The Labute approximate surface area is 424 Å². The van der Waals surface area contributed by atoms with E-state index in [1.165, 1.54) is 225 Å². The summed E-state index contributed by atoms with van der Waals surface area (Å²) in [5, 5.41) is 14.1. The van der Waals surface area contributed by atoms with Crippen molar-refractivity contribution < 1.29 is 32.9 Å². The topological polar surface area (TPSA) is 105 Å². The monoisotopic (exact) mass is 982 g/mol. The smallest absolute Gasteiger partial charge is 0.391 e. The summed E-state index contributed by atoms with van der Waals surface area (Å²) in [6.45, 7) is 4.93. The molecule has 0 saturated carbocycles. The maximum Gasteiger partial charge on any atom is 0.472 e. The molecule has 0 heterocycles. The molecule has 0 radical (unpaired) electrons. The molecule has 0 bridgehead atoms. The maximum atomic E-state index is 13.0. The number of aliphatic hydroxyl groups is 1. The normalized spacial score (nSPS) is 14.0. The molecule has 68 heavy (non-hydrogen) atoms. The van der Waals surface area contributed by atoms with Crippen LogP contribution in [0.4, 0.5) is 0 Å². The zero-order valence-corrected chi connectivity index (χ0v) is 47.0. The number of nitrogens with one attached hydrogen (secondary N) is 1. The SMILES string of the molecule is CCCCCCCCCCC/C=C\C/C=C\CCCCCCCCCCCC(=O)NC(COP(=O)(O)OCC[N+](C)(C)C)C(O)CCCCCCCCCCCCCCCCCCCCCCC. The lowest BCUT2D eigenvalue weighted by atomic mass is 10.0. The van der Waals surface area contributed by atoms with Crippen LogP contribution in [-0.2, 0) is 18.4 Å². The van der Waals surface area contributed by atoms with Gasteiger partial charge in [0.05, 0.1) is 39.9 Å². The summed E-state index contributed by atoms with van der Waals surface area (Å²) >= 11 is 0. The average Bonchev–Trinajstić information content (AvgIpc) is 3.30. The molecule has 9 heteroatoms. The van der Waals surface area contributed by atoms with Gasteiger partial charge in [-0.3, -0.25) is 13.8 Å². The third-order valence-corrected chi connectivity index (χ3v) is 14.7. The molecule has 0 aromatic carbocycles. The number of nitrogens with zero attached hydrogens (tertiary/aromatic N) is 1. The van der Waals surface area contributed by atoms with E-state index in [2.05, 4.69) is 43.5 Å². The standard InChI is InChI=1S/C59H117N2O6P/c1-6-8-10-12-14-16-18-20-22-24-26-28-29-30-31-33-35-37-39-41-43-45-47-49-51-53-59(63)60-57(56-67-68(64,65)66-55-54-61(3,4)5)58(62)52-50-48-46-44-42-40-38-36-34-32-27-25-23-21-19-17-15-13-11-9-7-2/h26,28,30-31,57-58,62H,6-25,27,29,32-56H2,1-5H3,(H-,60,63,64,65)/p+1/b28-26-,31-30-. The molecule has 0 aromatic heterocycles. The van der Waals surface area contributed by atoms with Gasteiger partial charge < -0.3 is 19.8 Å². The first-order chi connectivity index (χ1) is 33.0. The molecule has 8 nitrogen and oxygen atoms in total. The van der Waals surface area contributed by atoms with Gasteiger partial charge in [-0.15, -0.1) is 0 Å². The fourth-order valence-corrected chi connectivity index (χ4v) is 9.76. The van der Waals surface area contributed by atoms with E-state index in [-0.39, 0.29) is 19.1 Å². The molecule has 3 atom stereocenters. The number of rotatable bonds is 55. The molecular formula is C59H118N2O6P+. The summed E-state index contributed by atoms with van der Waals surface area (Å²) in [5.74, 6) is -0.144. The minimum atomic E-state index is -4.32. The predicted octanol–water partition coefficient (Wildman–Crippen LogP) is 18.0. The molecule has 0 aliphatic heterocycles. The number of amides is 1. The molecule has 3 unspecified atom stereocenters. The Bertz CT molecular complexity index is 1160. The summed E-state index contributed by atoms with van der Waals surface area (Å²) in [7, 11) is 1.62. The van der Waals surface area contributed by atoms with Crippen molar-refractivity contribution in [1.29, 1.82) is 0 Å². The summed E-state index contributed by atoms with van der Waals surface area (Å²) in [4.78, 5) is 23.4. The van der Waals surface area contributed by atoms with E-state index in [0.717, 1.165) is 44.9 Å². The lowest BCUT2D eigenvalue weighted by Crippen LogP contribution is -2.46. The number of hydrogen-bond donors (Lipinski definition) is 3. The van der Waals surface area contributed by atoms with Crippen molar-refractivity contribution in [2.24, 2.45) is 0 Å². The van der Waals surface area contributed by atoms with Crippen molar-refractivity contribution in [2.75, 3.05) is 40.9 Å². The van der Waals surface area contributed by atoms with Gasteiger partial charge >= 0.3 is 7.82 Å². The van der Waals surface area contributed by atoms with Crippen LogP contribution in [0.2, 0.25) is 0 Å². The second-order valence-electron chi connectivity index (χ2n) is 21.7. The van der Waals surface area contributed by atoms with Crippen LogP contribution in [0.3, 0.4) is 0 Å². The fourth-order valence-electron chi connectivity index (χ4n) is 9.02. The molecule has 3 N–H and O–H groups in total. The van der Waals surface area contributed by atoms with E-state index < -0.39 is 20.0 Å². The second kappa shape index (κ2) is 50.9. The Morgan fingerprint density at radius 1 is 0.500 bits per heavy atom. The second-order valence-corrected chi connectivity index (χ2v) is 23.2. The average molecular weight is 983 g/mol. The Morgan fingerprint density at radius 3 is 1.21 bits per heavy atom. The van der Waals surface area contributed by atoms with Gasteiger partial charge in [-0.2, -0.15) is 0 Å². The Morgan fingerprint density at radius 2 is 0.838 bits per heavy atom. The predicted molar refractivity (Wildman–Crippen MR) is 295 cm³/mol. The third kappa shape index (κ3) is 52.8. The van der Waals surface area contributed by atoms with E-state index in [1.54, 1.807) is 0 Å². The Hall–Kier alpha value is -1.02. The number of phosphoric ester groups is 1. The first-order valence-electron chi connectivity index (χ1n) is 29.7. The van der Waals surface area contributed by atoms with Crippen LogP contribution in [0, 0.1) is 0 Å². The van der Waals surface area contributed by atoms with Gasteiger partial charge in [0, 0.05) is 6.42 Å². The summed E-state index contributed by atoms with van der Waals surface area (Å²) in [6.07, 6.45) is 63.8. The van der Waals surface area contributed by atoms with Gasteiger partial charge in [0.15, 0.2) is 0 Å². The minimum absolute atomic E-state index is 0.0751. The molecule has 0 rings (SSSR count). The molecule has 1 amide bonds. The number of allylic oxidation sites excluding steroid dienone is 4. The molecule has 404 valence electrons. The van der Waals surface area contributed by atoms with Crippen molar-refractivity contribution in [3.63, 3.8) is 0 Å². The van der Waals surface area contributed by atoms with E-state index >= 15 is 0 Å². The molecule has 0 fully saturated rings. The number of carbonyl (C=O) groups is 1.